The second-order valence-electron chi connectivity index (χ2n) is 4.68. The second kappa shape index (κ2) is 10.0. The van der Waals surface area contributed by atoms with Crippen molar-refractivity contribution in [1.82, 2.24) is 10.6 Å². The third-order valence-electron chi connectivity index (χ3n) is 2.97. The van der Waals surface area contributed by atoms with E-state index >= 15 is 0 Å². The first-order valence-corrected chi connectivity index (χ1v) is 7.49. The Morgan fingerprint density at radius 1 is 1.29 bits per heavy atom. The Labute approximate surface area is 127 Å². The minimum absolute atomic E-state index is 0.00180. The lowest BCUT2D eigenvalue weighted by Crippen LogP contribution is -2.24. The third-order valence-corrected chi connectivity index (χ3v) is 2.97. The van der Waals surface area contributed by atoms with E-state index in [1.807, 2.05) is 25.1 Å². The van der Waals surface area contributed by atoms with Crippen LogP contribution in [0.5, 0.6) is 11.5 Å². The zero-order chi connectivity index (χ0) is 15.5. The summed E-state index contributed by atoms with van der Waals surface area (Å²) in [6.07, 6.45) is 1.42. The normalized spacial score (nSPS) is 10.2. The predicted molar refractivity (Wildman–Crippen MR) is 83.8 cm³/mol. The predicted octanol–water partition coefficient (Wildman–Crippen LogP) is 2.10. The molecule has 21 heavy (non-hydrogen) atoms. The zero-order valence-electron chi connectivity index (χ0n) is 13.2. The molecule has 5 nitrogen and oxygen atoms in total. The summed E-state index contributed by atoms with van der Waals surface area (Å²) >= 11 is 0. The molecule has 0 heterocycles. The van der Waals surface area contributed by atoms with Gasteiger partial charge in [0.15, 0.2) is 11.5 Å². The molecule has 0 unspecified atom stereocenters. The molecule has 1 amide bonds. The van der Waals surface area contributed by atoms with Crippen LogP contribution in [0.1, 0.15) is 32.3 Å². The molecule has 2 N–H and O–H groups in total. The molecule has 0 aliphatic rings. The molecule has 0 aliphatic carbocycles. The maximum absolute atomic E-state index is 11.4. The first-order valence-electron chi connectivity index (χ1n) is 7.49. The number of benzene rings is 1. The first-order chi connectivity index (χ1) is 10.2. The average Bonchev–Trinajstić information content (AvgIpc) is 2.49. The fraction of sp³-hybridized carbons (Fsp3) is 0.562. The van der Waals surface area contributed by atoms with Crippen LogP contribution >= 0.6 is 0 Å². The van der Waals surface area contributed by atoms with Gasteiger partial charge in [-0.1, -0.05) is 19.1 Å². The Morgan fingerprint density at radius 3 is 2.76 bits per heavy atom. The van der Waals surface area contributed by atoms with Gasteiger partial charge in [0.25, 0.3) is 0 Å². The highest BCUT2D eigenvalue weighted by Gasteiger charge is 2.11. The Morgan fingerprint density at radius 2 is 2.10 bits per heavy atom. The van der Waals surface area contributed by atoms with Gasteiger partial charge in [0.1, 0.15) is 0 Å². The summed E-state index contributed by atoms with van der Waals surface area (Å²) in [5.41, 5.74) is 1.04. The van der Waals surface area contributed by atoms with E-state index in [2.05, 4.69) is 17.6 Å². The number of nitrogens with one attached hydrogen (secondary N) is 2. The topological polar surface area (TPSA) is 59.6 Å². The van der Waals surface area contributed by atoms with Crippen LogP contribution in [0.25, 0.3) is 0 Å². The van der Waals surface area contributed by atoms with Crippen molar-refractivity contribution in [3.8, 4) is 11.5 Å². The van der Waals surface area contributed by atoms with Gasteiger partial charge in [0.05, 0.1) is 20.1 Å². The fourth-order valence-electron chi connectivity index (χ4n) is 1.96. The minimum Gasteiger partial charge on any atom is -0.493 e. The van der Waals surface area contributed by atoms with Gasteiger partial charge in [-0.3, -0.25) is 4.79 Å². The van der Waals surface area contributed by atoms with Gasteiger partial charge >= 0.3 is 0 Å². The highest BCUT2D eigenvalue weighted by atomic mass is 16.5. The second-order valence-corrected chi connectivity index (χ2v) is 4.68. The molecule has 1 aromatic rings. The van der Waals surface area contributed by atoms with E-state index in [1.165, 1.54) is 0 Å². The van der Waals surface area contributed by atoms with Crippen LogP contribution in [0.15, 0.2) is 18.2 Å². The molecular weight excluding hydrogens is 268 g/mol. The smallest absolute Gasteiger partial charge is 0.223 e. The van der Waals surface area contributed by atoms with Gasteiger partial charge in [-0.2, -0.15) is 0 Å². The molecule has 0 aliphatic heterocycles. The number of methoxy groups -OCH3 is 1. The maximum Gasteiger partial charge on any atom is 0.223 e. The van der Waals surface area contributed by atoms with Crippen molar-refractivity contribution in [2.45, 2.75) is 33.2 Å². The van der Waals surface area contributed by atoms with Crippen LogP contribution in [-0.4, -0.2) is 32.7 Å². The molecule has 1 rings (SSSR count). The van der Waals surface area contributed by atoms with Crippen molar-refractivity contribution in [3.05, 3.63) is 23.8 Å². The monoisotopic (exact) mass is 294 g/mol. The Kier molecular flexibility index (Phi) is 8.28. The molecule has 0 bridgehead atoms. The van der Waals surface area contributed by atoms with E-state index in [-0.39, 0.29) is 5.91 Å². The summed E-state index contributed by atoms with van der Waals surface area (Å²) < 4.78 is 11.1. The molecule has 0 fully saturated rings. The summed E-state index contributed by atoms with van der Waals surface area (Å²) in [4.78, 5) is 11.4. The van der Waals surface area contributed by atoms with Crippen LogP contribution in [0.4, 0.5) is 0 Å². The van der Waals surface area contributed by atoms with E-state index in [4.69, 9.17) is 9.47 Å². The average molecular weight is 294 g/mol. The zero-order valence-corrected chi connectivity index (χ0v) is 13.2. The lowest BCUT2D eigenvalue weighted by molar-refractivity contribution is -0.121. The summed E-state index contributed by atoms with van der Waals surface area (Å²) in [6.45, 7) is 6.68. The summed E-state index contributed by atoms with van der Waals surface area (Å²) in [5.74, 6) is 1.41. The molecule has 5 heteroatoms. The molecular formula is C16H26N2O3. The van der Waals surface area contributed by atoms with Gasteiger partial charge < -0.3 is 20.1 Å². The number of rotatable bonds is 10. The summed E-state index contributed by atoms with van der Waals surface area (Å²) in [6, 6.07) is 5.82. The van der Waals surface area contributed by atoms with Gasteiger partial charge in [-0.05, 0) is 26.0 Å². The van der Waals surface area contributed by atoms with Gasteiger partial charge in [-0.25, -0.2) is 0 Å². The SMILES string of the molecule is CCCNCc1cccc(OC)c1OCCC(=O)NCC. The molecule has 0 radical (unpaired) electrons. The standard InChI is InChI=1S/C16H26N2O3/c1-4-10-17-12-13-7-6-8-14(20-3)16(13)21-11-9-15(19)18-5-2/h6-8,17H,4-5,9-12H2,1-3H3,(H,18,19). The minimum atomic E-state index is -0.00180. The van der Waals surface area contributed by atoms with Crippen LogP contribution < -0.4 is 20.1 Å². The summed E-state index contributed by atoms with van der Waals surface area (Å²) in [7, 11) is 1.62. The van der Waals surface area contributed by atoms with Crippen molar-refractivity contribution in [2.24, 2.45) is 0 Å². The Balaban J connectivity index is 2.65. The number of ether oxygens (including phenoxy) is 2. The van der Waals surface area contributed by atoms with Crippen LogP contribution in [0.3, 0.4) is 0 Å². The number of hydrogen-bond donors (Lipinski definition) is 2. The van der Waals surface area contributed by atoms with Crippen molar-refractivity contribution >= 4 is 5.91 Å². The lowest BCUT2D eigenvalue weighted by atomic mass is 10.2. The van der Waals surface area contributed by atoms with E-state index in [1.54, 1.807) is 7.11 Å². The highest BCUT2D eigenvalue weighted by molar-refractivity contribution is 5.75. The van der Waals surface area contributed by atoms with Gasteiger partial charge in [-0.15, -0.1) is 0 Å². The molecule has 1 aromatic carbocycles. The van der Waals surface area contributed by atoms with E-state index in [9.17, 15) is 4.79 Å². The largest absolute Gasteiger partial charge is 0.493 e. The number of carbonyl (C=O) groups is 1. The number of para-hydroxylation sites is 1. The van der Waals surface area contributed by atoms with Crippen LogP contribution in [0, 0.1) is 0 Å². The highest BCUT2D eigenvalue weighted by Crippen LogP contribution is 2.31. The Hall–Kier alpha value is -1.75. The van der Waals surface area contributed by atoms with E-state index in [0.29, 0.717) is 31.1 Å². The number of amides is 1. The van der Waals surface area contributed by atoms with Crippen molar-refractivity contribution in [2.75, 3.05) is 26.8 Å². The quantitative estimate of drug-likeness (QED) is 0.649. The molecule has 0 spiro atoms. The van der Waals surface area contributed by atoms with Crippen molar-refractivity contribution in [3.63, 3.8) is 0 Å². The van der Waals surface area contributed by atoms with E-state index in [0.717, 1.165) is 25.1 Å². The van der Waals surface area contributed by atoms with E-state index < -0.39 is 0 Å². The lowest BCUT2D eigenvalue weighted by Gasteiger charge is -2.15. The Bertz CT molecular complexity index is 436. The molecule has 118 valence electrons. The molecule has 0 saturated carbocycles. The number of carbonyl (C=O) groups excluding carboxylic acids is 1. The van der Waals surface area contributed by atoms with Gasteiger partial charge in [0, 0.05) is 18.7 Å². The third kappa shape index (κ3) is 6.04. The molecule has 0 atom stereocenters. The molecule has 0 aromatic heterocycles. The maximum atomic E-state index is 11.4. The number of hydrogen-bond acceptors (Lipinski definition) is 4. The first kappa shape index (κ1) is 17.3. The van der Waals surface area contributed by atoms with Crippen LogP contribution in [0.2, 0.25) is 0 Å². The van der Waals surface area contributed by atoms with Crippen molar-refractivity contribution in [1.29, 1.82) is 0 Å². The fourth-order valence-corrected chi connectivity index (χ4v) is 1.96. The van der Waals surface area contributed by atoms with Crippen molar-refractivity contribution < 1.29 is 14.3 Å². The summed E-state index contributed by atoms with van der Waals surface area (Å²) in [5, 5.41) is 6.10. The van der Waals surface area contributed by atoms with Gasteiger partial charge in [0.2, 0.25) is 5.91 Å². The molecule has 0 saturated heterocycles. The van der Waals surface area contributed by atoms with Crippen LogP contribution in [-0.2, 0) is 11.3 Å².